The molecule has 0 bridgehead atoms. The van der Waals surface area contributed by atoms with Gasteiger partial charge in [0.2, 0.25) is 0 Å². The summed E-state index contributed by atoms with van der Waals surface area (Å²) in [6.07, 6.45) is 4.22. The van der Waals surface area contributed by atoms with Gasteiger partial charge in [0.25, 0.3) is 0 Å². The van der Waals surface area contributed by atoms with Gasteiger partial charge in [-0.25, -0.2) is 0 Å². The molecule has 0 aliphatic heterocycles. The van der Waals surface area contributed by atoms with E-state index in [9.17, 15) is 5.11 Å². The van der Waals surface area contributed by atoms with Crippen molar-refractivity contribution in [2.75, 3.05) is 26.9 Å². The van der Waals surface area contributed by atoms with Crippen LogP contribution in [0, 0.1) is 5.92 Å². The van der Waals surface area contributed by atoms with E-state index in [4.69, 9.17) is 9.47 Å². The van der Waals surface area contributed by atoms with E-state index in [1.807, 2.05) is 0 Å². The van der Waals surface area contributed by atoms with Gasteiger partial charge in [-0.05, 0) is 25.2 Å². The maximum atomic E-state index is 9.51. The van der Waals surface area contributed by atoms with Crippen molar-refractivity contribution in [1.82, 2.24) is 0 Å². The minimum Gasteiger partial charge on any atom is -0.393 e. The summed E-state index contributed by atoms with van der Waals surface area (Å²) in [4.78, 5) is 0. The molecule has 0 heterocycles. The molecule has 2 unspecified atom stereocenters. The molecular formula is C10H20O3. The van der Waals surface area contributed by atoms with E-state index >= 15 is 0 Å². The molecular weight excluding hydrogens is 168 g/mol. The Morgan fingerprint density at radius 3 is 2.69 bits per heavy atom. The summed E-state index contributed by atoms with van der Waals surface area (Å²) in [5.74, 6) is 0.475. The van der Waals surface area contributed by atoms with E-state index in [0.717, 1.165) is 25.9 Å². The molecule has 0 spiro atoms. The zero-order valence-electron chi connectivity index (χ0n) is 8.37. The summed E-state index contributed by atoms with van der Waals surface area (Å²) in [7, 11) is 1.67. The largest absolute Gasteiger partial charge is 0.393 e. The Morgan fingerprint density at radius 2 is 2.08 bits per heavy atom. The first-order chi connectivity index (χ1) is 6.34. The minimum atomic E-state index is -0.0778. The lowest BCUT2D eigenvalue weighted by Crippen LogP contribution is -2.15. The first-order valence-corrected chi connectivity index (χ1v) is 5.09. The molecule has 0 amide bonds. The molecule has 1 aliphatic carbocycles. The van der Waals surface area contributed by atoms with Crippen molar-refractivity contribution in [1.29, 1.82) is 0 Å². The van der Waals surface area contributed by atoms with Crippen LogP contribution in [-0.2, 0) is 9.47 Å². The molecule has 3 heteroatoms. The average Bonchev–Trinajstić information content (AvgIpc) is 2.52. The highest BCUT2D eigenvalue weighted by molar-refractivity contribution is 4.75. The normalized spacial score (nSPS) is 28.2. The number of hydrogen-bond donors (Lipinski definition) is 1. The van der Waals surface area contributed by atoms with Crippen LogP contribution >= 0.6 is 0 Å². The smallest absolute Gasteiger partial charge is 0.0700 e. The lowest BCUT2D eigenvalue weighted by Gasteiger charge is -2.13. The van der Waals surface area contributed by atoms with E-state index in [1.165, 1.54) is 6.42 Å². The van der Waals surface area contributed by atoms with E-state index in [1.54, 1.807) is 7.11 Å². The van der Waals surface area contributed by atoms with Crippen molar-refractivity contribution in [3.63, 3.8) is 0 Å². The minimum absolute atomic E-state index is 0.0778. The van der Waals surface area contributed by atoms with Gasteiger partial charge >= 0.3 is 0 Å². The fourth-order valence-electron chi connectivity index (χ4n) is 1.83. The molecule has 1 aliphatic rings. The van der Waals surface area contributed by atoms with Crippen LogP contribution in [0.1, 0.15) is 25.7 Å². The zero-order valence-corrected chi connectivity index (χ0v) is 8.37. The van der Waals surface area contributed by atoms with Gasteiger partial charge in [-0.15, -0.1) is 0 Å². The third-order valence-corrected chi connectivity index (χ3v) is 2.68. The van der Waals surface area contributed by atoms with Crippen LogP contribution in [-0.4, -0.2) is 38.1 Å². The second-order valence-corrected chi connectivity index (χ2v) is 3.65. The van der Waals surface area contributed by atoms with Crippen LogP contribution in [0.3, 0.4) is 0 Å². The predicted molar refractivity (Wildman–Crippen MR) is 50.7 cm³/mol. The number of methoxy groups -OCH3 is 1. The first kappa shape index (κ1) is 11.0. The van der Waals surface area contributed by atoms with Gasteiger partial charge in [-0.3, -0.25) is 0 Å². The monoisotopic (exact) mass is 188 g/mol. The SMILES string of the molecule is COCCOCCC1CCCC1O. The van der Waals surface area contributed by atoms with E-state index in [2.05, 4.69) is 0 Å². The van der Waals surface area contributed by atoms with E-state index < -0.39 is 0 Å². The zero-order chi connectivity index (χ0) is 9.52. The van der Waals surface area contributed by atoms with Crippen LogP contribution in [0.4, 0.5) is 0 Å². The van der Waals surface area contributed by atoms with Crippen LogP contribution < -0.4 is 0 Å². The molecule has 3 nitrogen and oxygen atoms in total. The number of rotatable bonds is 6. The van der Waals surface area contributed by atoms with Gasteiger partial charge < -0.3 is 14.6 Å². The highest BCUT2D eigenvalue weighted by atomic mass is 16.5. The summed E-state index contributed by atoms with van der Waals surface area (Å²) >= 11 is 0. The third kappa shape index (κ3) is 4.07. The molecule has 0 aromatic carbocycles. The van der Waals surface area contributed by atoms with Gasteiger partial charge in [0, 0.05) is 13.7 Å². The Balaban J connectivity index is 1.93. The fourth-order valence-corrected chi connectivity index (χ4v) is 1.83. The lowest BCUT2D eigenvalue weighted by molar-refractivity contribution is 0.0500. The number of aliphatic hydroxyl groups is 1. The number of ether oxygens (including phenoxy) is 2. The quantitative estimate of drug-likeness (QED) is 0.637. The summed E-state index contributed by atoms with van der Waals surface area (Å²) in [5.41, 5.74) is 0. The fraction of sp³-hybridized carbons (Fsp3) is 1.00. The Morgan fingerprint density at radius 1 is 1.23 bits per heavy atom. The van der Waals surface area contributed by atoms with Crippen molar-refractivity contribution in [3.8, 4) is 0 Å². The Hall–Kier alpha value is -0.120. The van der Waals surface area contributed by atoms with Crippen molar-refractivity contribution in [3.05, 3.63) is 0 Å². The van der Waals surface area contributed by atoms with Gasteiger partial charge in [-0.1, -0.05) is 6.42 Å². The Labute approximate surface area is 80.0 Å². The highest BCUT2D eigenvalue weighted by Crippen LogP contribution is 2.27. The van der Waals surface area contributed by atoms with E-state index in [0.29, 0.717) is 19.1 Å². The standard InChI is InChI=1S/C10H20O3/c1-12-7-8-13-6-5-9-3-2-4-10(9)11/h9-11H,2-8H2,1H3. The van der Waals surface area contributed by atoms with Crippen LogP contribution in [0.5, 0.6) is 0 Å². The average molecular weight is 188 g/mol. The van der Waals surface area contributed by atoms with Crippen molar-refractivity contribution in [2.45, 2.75) is 31.8 Å². The maximum Gasteiger partial charge on any atom is 0.0700 e. The Kier molecular flexibility index (Phi) is 5.35. The number of hydrogen-bond acceptors (Lipinski definition) is 3. The van der Waals surface area contributed by atoms with Gasteiger partial charge in [0.05, 0.1) is 19.3 Å². The Bertz CT molecular complexity index is 127. The molecule has 0 radical (unpaired) electrons. The van der Waals surface area contributed by atoms with Crippen LogP contribution in [0.2, 0.25) is 0 Å². The topological polar surface area (TPSA) is 38.7 Å². The summed E-state index contributed by atoms with van der Waals surface area (Å²) in [6, 6.07) is 0. The second kappa shape index (κ2) is 6.35. The molecule has 0 aromatic rings. The van der Waals surface area contributed by atoms with Crippen LogP contribution in [0.25, 0.3) is 0 Å². The lowest BCUT2D eigenvalue weighted by atomic mass is 10.0. The first-order valence-electron chi connectivity index (χ1n) is 5.09. The molecule has 0 saturated heterocycles. The molecule has 13 heavy (non-hydrogen) atoms. The molecule has 0 aromatic heterocycles. The van der Waals surface area contributed by atoms with E-state index in [-0.39, 0.29) is 6.10 Å². The van der Waals surface area contributed by atoms with Crippen molar-refractivity contribution < 1.29 is 14.6 Å². The van der Waals surface area contributed by atoms with Crippen LogP contribution in [0.15, 0.2) is 0 Å². The summed E-state index contributed by atoms with van der Waals surface area (Å²) < 4.78 is 10.2. The summed E-state index contributed by atoms with van der Waals surface area (Å²) in [5, 5.41) is 9.51. The van der Waals surface area contributed by atoms with Gasteiger partial charge in [0.1, 0.15) is 0 Å². The molecule has 1 rings (SSSR count). The molecule has 1 fully saturated rings. The second-order valence-electron chi connectivity index (χ2n) is 3.65. The van der Waals surface area contributed by atoms with Crippen molar-refractivity contribution >= 4 is 0 Å². The molecule has 1 N–H and O–H groups in total. The molecule has 2 atom stereocenters. The summed E-state index contributed by atoms with van der Waals surface area (Å²) in [6.45, 7) is 2.08. The number of aliphatic hydroxyl groups excluding tert-OH is 1. The predicted octanol–water partition coefficient (Wildman–Crippen LogP) is 1.20. The van der Waals surface area contributed by atoms with Gasteiger partial charge in [0.15, 0.2) is 0 Å². The van der Waals surface area contributed by atoms with Crippen molar-refractivity contribution in [2.24, 2.45) is 5.92 Å². The third-order valence-electron chi connectivity index (χ3n) is 2.68. The van der Waals surface area contributed by atoms with Gasteiger partial charge in [-0.2, -0.15) is 0 Å². The molecule has 78 valence electrons. The molecule has 1 saturated carbocycles. The highest BCUT2D eigenvalue weighted by Gasteiger charge is 2.24. The maximum absolute atomic E-state index is 9.51.